The second-order valence-electron chi connectivity index (χ2n) is 5.14. The number of carbonyl (C=O) groups is 2. The molecule has 0 aromatic heterocycles. The summed E-state index contributed by atoms with van der Waals surface area (Å²) in [5.41, 5.74) is 0. The SMILES string of the molecule is CC(C)C[C@@H](NC(=O)CCSc1ccc(F)cc1)C(=O)O. The monoisotopic (exact) mass is 313 g/mol. The Bertz CT molecular complexity index is 476. The average Bonchev–Trinajstić information content (AvgIpc) is 2.39. The molecule has 0 unspecified atom stereocenters. The lowest BCUT2D eigenvalue weighted by Gasteiger charge is -2.16. The van der Waals surface area contributed by atoms with E-state index >= 15 is 0 Å². The van der Waals surface area contributed by atoms with Crippen LogP contribution in [0, 0.1) is 11.7 Å². The van der Waals surface area contributed by atoms with Crippen LogP contribution in [0.3, 0.4) is 0 Å². The van der Waals surface area contributed by atoms with E-state index in [1.807, 2.05) is 13.8 Å². The number of thioether (sulfide) groups is 1. The zero-order valence-electron chi connectivity index (χ0n) is 12.1. The number of halogens is 1. The maximum Gasteiger partial charge on any atom is 0.326 e. The fourth-order valence-electron chi connectivity index (χ4n) is 1.75. The van der Waals surface area contributed by atoms with Crippen LogP contribution in [0.25, 0.3) is 0 Å². The van der Waals surface area contributed by atoms with E-state index in [1.54, 1.807) is 12.1 Å². The molecule has 21 heavy (non-hydrogen) atoms. The minimum absolute atomic E-state index is 0.194. The molecule has 0 spiro atoms. The number of carboxylic acid groups (broad SMARTS) is 1. The summed E-state index contributed by atoms with van der Waals surface area (Å²) in [6.07, 6.45) is 0.635. The van der Waals surface area contributed by atoms with E-state index < -0.39 is 12.0 Å². The molecule has 0 saturated carbocycles. The van der Waals surface area contributed by atoms with E-state index in [2.05, 4.69) is 5.32 Å². The first-order valence-electron chi connectivity index (χ1n) is 6.79. The van der Waals surface area contributed by atoms with E-state index in [1.165, 1.54) is 23.9 Å². The smallest absolute Gasteiger partial charge is 0.326 e. The van der Waals surface area contributed by atoms with Gasteiger partial charge in [0.25, 0.3) is 0 Å². The lowest BCUT2D eigenvalue weighted by Crippen LogP contribution is -2.41. The maximum atomic E-state index is 12.7. The highest BCUT2D eigenvalue weighted by molar-refractivity contribution is 7.99. The number of hydrogen-bond acceptors (Lipinski definition) is 3. The number of aliphatic carboxylic acids is 1. The molecule has 0 aliphatic heterocycles. The molecular formula is C15H20FNO3S. The van der Waals surface area contributed by atoms with E-state index in [4.69, 9.17) is 5.11 Å². The van der Waals surface area contributed by atoms with Gasteiger partial charge in [-0.15, -0.1) is 11.8 Å². The van der Waals surface area contributed by atoms with Gasteiger partial charge in [0, 0.05) is 17.1 Å². The Morgan fingerprint density at radius 3 is 2.43 bits per heavy atom. The molecule has 0 aliphatic carbocycles. The molecule has 0 fully saturated rings. The summed E-state index contributed by atoms with van der Waals surface area (Å²) in [7, 11) is 0. The van der Waals surface area contributed by atoms with Crippen LogP contribution in [0.2, 0.25) is 0 Å². The number of rotatable bonds is 8. The molecule has 2 N–H and O–H groups in total. The highest BCUT2D eigenvalue weighted by Crippen LogP contribution is 2.18. The topological polar surface area (TPSA) is 66.4 Å². The summed E-state index contributed by atoms with van der Waals surface area (Å²) < 4.78 is 12.7. The molecule has 0 heterocycles. The molecule has 1 atom stereocenters. The maximum absolute atomic E-state index is 12.7. The zero-order valence-corrected chi connectivity index (χ0v) is 13.0. The molecular weight excluding hydrogens is 293 g/mol. The zero-order chi connectivity index (χ0) is 15.8. The molecule has 0 bridgehead atoms. The number of nitrogens with one attached hydrogen (secondary N) is 1. The lowest BCUT2D eigenvalue weighted by molar-refractivity contribution is -0.142. The van der Waals surface area contributed by atoms with Gasteiger partial charge in [0.05, 0.1) is 0 Å². The van der Waals surface area contributed by atoms with Crippen molar-refractivity contribution in [2.75, 3.05) is 5.75 Å². The van der Waals surface area contributed by atoms with Gasteiger partial charge in [-0.3, -0.25) is 4.79 Å². The normalized spacial score (nSPS) is 12.2. The fraction of sp³-hybridized carbons (Fsp3) is 0.467. The Kier molecular flexibility index (Phi) is 7.22. The van der Waals surface area contributed by atoms with Crippen LogP contribution in [0.1, 0.15) is 26.7 Å². The standard InChI is InChI=1S/C15H20FNO3S/c1-10(2)9-13(15(19)20)17-14(18)7-8-21-12-5-3-11(16)4-6-12/h3-6,10,13H,7-9H2,1-2H3,(H,17,18)(H,19,20)/t13-/m1/s1. The minimum atomic E-state index is -1.01. The van der Waals surface area contributed by atoms with Crippen LogP contribution in [0.15, 0.2) is 29.2 Å². The number of benzene rings is 1. The highest BCUT2D eigenvalue weighted by Gasteiger charge is 2.20. The van der Waals surface area contributed by atoms with Gasteiger partial charge in [0.2, 0.25) is 5.91 Å². The molecule has 1 aromatic rings. The van der Waals surface area contributed by atoms with Crippen molar-refractivity contribution in [1.82, 2.24) is 5.32 Å². The van der Waals surface area contributed by atoms with Crippen molar-refractivity contribution in [3.63, 3.8) is 0 Å². The second kappa shape index (κ2) is 8.67. The molecule has 0 saturated heterocycles. The van der Waals surface area contributed by atoms with Crippen LogP contribution in [-0.2, 0) is 9.59 Å². The first kappa shape index (κ1) is 17.5. The first-order chi connectivity index (χ1) is 9.88. The molecule has 0 aliphatic rings. The van der Waals surface area contributed by atoms with Gasteiger partial charge in [-0.2, -0.15) is 0 Å². The van der Waals surface area contributed by atoms with Gasteiger partial charge in [-0.05, 0) is 36.6 Å². The third kappa shape index (κ3) is 7.13. The Labute approximate surface area is 128 Å². The lowest BCUT2D eigenvalue weighted by atomic mass is 10.0. The molecule has 116 valence electrons. The van der Waals surface area contributed by atoms with Gasteiger partial charge in [0.1, 0.15) is 11.9 Å². The molecule has 1 rings (SSSR count). The Morgan fingerprint density at radius 2 is 1.90 bits per heavy atom. The van der Waals surface area contributed by atoms with Gasteiger partial charge >= 0.3 is 5.97 Å². The quantitative estimate of drug-likeness (QED) is 0.724. The van der Waals surface area contributed by atoms with Crippen molar-refractivity contribution in [2.24, 2.45) is 5.92 Å². The summed E-state index contributed by atoms with van der Waals surface area (Å²) in [5.74, 6) is -0.873. The van der Waals surface area contributed by atoms with E-state index in [0.29, 0.717) is 12.2 Å². The summed E-state index contributed by atoms with van der Waals surface area (Å²) in [6.45, 7) is 3.82. The number of hydrogen-bond donors (Lipinski definition) is 2. The van der Waals surface area contributed by atoms with Crippen molar-refractivity contribution in [2.45, 2.75) is 37.6 Å². The summed E-state index contributed by atoms with van der Waals surface area (Å²) in [4.78, 5) is 23.7. The average molecular weight is 313 g/mol. The van der Waals surface area contributed by atoms with E-state index in [-0.39, 0.29) is 24.1 Å². The molecule has 1 amide bonds. The van der Waals surface area contributed by atoms with Gasteiger partial charge in [-0.1, -0.05) is 13.8 Å². The largest absolute Gasteiger partial charge is 0.480 e. The van der Waals surface area contributed by atoms with Crippen molar-refractivity contribution in [1.29, 1.82) is 0 Å². The fourth-order valence-corrected chi connectivity index (χ4v) is 2.60. The molecule has 1 aromatic carbocycles. The molecule has 6 heteroatoms. The van der Waals surface area contributed by atoms with E-state index in [0.717, 1.165) is 4.90 Å². The summed E-state index contributed by atoms with van der Waals surface area (Å²) >= 11 is 1.43. The van der Waals surface area contributed by atoms with E-state index in [9.17, 15) is 14.0 Å². The van der Waals surface area contributed by atoms with Crippen molar-refractivity contribution < 1.29 is 19.1 Å². The molecule has 0 radical (unpaired) electrons. The van der Waals surface area contributed by atoms with Gasteiger partial charge in [0.15, 0.2) is 0 Å². The van der Waals surface area contributed by atoms with Crippen molar-refractivity contribution in [3.05, 3.63) is 30.1 Å². The van der Waals surface area contributed by atoms with Crippen LogP contribution < -0.4 is 5.32 Å². The van der Waals surface area contributed by atoms with Crippen molar-refractivity contribution in [3.8, 4) is 0 Å². The predicted molar refractivity (Wildman–Crippen MR) is 80.8 cm³/mol. The number of amides is 1. The predicted octanol–water partition coefficient (Wildman–Crippen LogP) is 2.92. The second-order valence-corrected chi connectivity index (χ2v) is 6.31. The highest BCUT2D eigenvalue weighted by atomic mass is 32.2. The third-order valence-electron chi connectivity index (χ3n) is 2.75. The van der Waals surface area contributed by atoms with Crippen LogP contribution in [0.4, 0.5) is 4.39 Å². The van der Waals surface area contributed by atoms with Gasteiger partial charge < -0.3 is 10.4 Å². The molecule has 4 nitrogen and oxygen atoms in total. The summed E-state index contributed by atoms with van der Waals surface area (Å²) in [6, 6.07) is 5.19. The van der Waals surface area contributed by atoms with Crippen molar-refractivity contribution >= 4 is 23.6 Å². The third-order valence-corrected chi connectivity index (χ3v) is 3.77. The summed E-state index contributed by atoms with van der Waals surface area (Å²) in [5, 5.41) is 11.6. The Hall–Kier alpha value is -1.56. The minimum Gasteiger partial charge on any atom is -0.480 e. The number of carbonyl (C=O) groups excluding carboxylic acids is 1. The first-order valence-corrected chi connectivity index (χ1v) is 7.77. The van der Waals surface area contributed by atoms with Gasteiger partial charge in [-0.25, -0.2) is 9.18 Å². The number of carboxylic acids is 1. The van der Waals surface area contributed by atoms with Crippen LogP contribution >= 0.6 is 11.8 Å². The van der Waals surface area contributed by atoms with Crippen LogP contribution in [-0.4, -0.2) is 28.8 Å². The Balaban J connectivity index is 2.35. The Morgan fingerprint density at radius 1 is 1.29 bits per heavy atom. The van der Waals surface area contributed by atoms with Crippen LogP contribution in [0.5, 0.6) is 0 Å².